The standard InChI is InChI=1S/C27H32FN9O2/c1-16-11-22(33-23-12-17(2)35-36-23)34-25(31-16)19-7-9-27(39-4,10-8-19)26(38)32-18(3)20-5-6-24(29-13-20)37-15-21(28)14-30-37/h5-6,11-15,18-19H,7-10H2,1-4H3,(H,32,38)(H2,31,33,34,35,36)/t18-,19-,27+/m1/s1. The first-order valence-electron chi connectivity index (χ1n) is 12.9. The number of nitrogens with one attached hydrogen (secondary N) is 3. The number of ether oxygens (including phenoxy) is 1. The lowest BCUT2D eigenvalue weighted by molar-refractivity contribution is -0.148. The van der Waals surface area contributed by atoms with E-state index in [-0.39, 0.29) is 17.9 Å². The number of anilines is 2. The lowest BCUT2D eigenvalue weighted by Crippen LogP contribution is -2.50. The molecule has 5 rings (SSSR count). The molecule has 204 valence electrons. The second-order valence-electron chi connectivity index (χ2n) is 10.0. The molecule has 0 spiro atoms. The normalized spacial score (nSPS) is 20.0. The molecule has 1 aliphatic rings. The fourth-order valence-corrected chi connectivity index (χ4v) is 4.94. The molecule has 0 unspecified atom stereocenters. The van der Waals surface area contributed by atoms with Crippen LogP contribution < -0.4 is 10.6 Å². The van der Waals surface area contributed by atoms with Crippen molar-refractivity contribution in [2.24, 2.45) is 0 Å². The summed E-state index contributed by atoms with van der Waals surface area (Å²) < 4.78 is 20.5. The highest BCUT2D eigenvalue weighted by molar-refractivity contribution is 5.85. The minimum Gasteiger partial charge on any atom is -0.368 e. The van der Waals surface area contributed by atoms with Gasteiger partial charge in [-0.15, -0.1) is 0 Å². The van der Waals surface area contributed by atoms with Crippen LogP contribution in [0.15, 0.2) is 42.9 Å². The van der Waals surface area contributed by atoms with Crippen LogP contribution in [0.5, 0.6) is 0 Å². The van der Waals surface area contributed by atoms with Crippen LogP contribution in [0.2, 0.25) is 0 Å². The van der Waals surface area contributed by atoms with Crippen molar-refractivity contribution in [3.05, 3.63) is 71.4 Å². The number of nitrogens with zero attached hydrogens (tertiary/aromatic N) is 6. The molecule has 1 fully saturated rings. The summed E-state index contributed by atoms with van der Waals surface area (Å²) in [5.74, 6) is 2.16. The number of hydrogen-bond acceptors (Lipinski definition) is 8. The number of H-pyrrole nitrogens is 1. The van der Waals surface area contributed by atoms with E-state index in [1.165, 1.54) is 10.9 Å². The first kappa shape index (κ1) is 26.4. The van der Waals surface area contributed by atoms with Gasteiger partial charge in [-0.2, -0.15) is 10.2 Å². The van der Waals surface area contributed by atoms with Crippen molar-refractivity contribution in [2.75, 3.05) is 12.4 Å². The minimum atomic E-state index is -0.928. The van der Waals surface area contributed by atoms with Gasteiger partial charge in [0, 0.05) is 42.7 Å². The summed E-state index contributed by atoms with van der Waals surface area (Å²) in [6, 6.07) is 7.08. The van der Waals surface area contributed by atoms with Crippen LogP contribution in [-0.2, 0) is 9.53 Å². The lowest BCUT2D eigenvalue weighted by Gasteiger charge is -2.38. The molecule has 4 aromatic heterocycles. The van der Waals surface area contributed by atoms with Gasteiger partial charge in [0.25, 0.3) is 5.91 Å². The maximum Gasteiger partial charge on any atom is 0.252 e. The van der Waals surface area contributed by atoms with Crippen molar-refractivity contribution in [3.63, 3.8) is 0 Å². The third kappa shape index (κ3) is 5.80. The zero-order valence-corrected chi connectivity index (χ0v) is 22.4. The van der Waals surface area contributed by atoms with Gasteiger partial charge in [-0.3, -0.25) is 9.89 Å². The van der Waals surface area contributed by atoms with Crippen LogP contribution in [0, 0.1) is 19.7 Å². The highest BCUT2D eigenvalue weighted by Crippen LogP contribution is 2.39. The predicted octanol–water partition coefficient (Wildman–Crippen LogP) is 4.20. The Kier molecular flexibility index (Phi) is 7.38. The van der Waals surface area contributed by atoms with Crippen molar-refractivity contribution in [1.82, 2.24) is 40.2 Å². The summed E-state index contributed by atoms with van der Waals surface area (Å²) in [5.41, 5.74) is 1.71. The number of aromatic nitrogens is 7. The van der Waals surface area contributed by atoms with Gasteiger partial charge in [0.1, 0.15) is 17.2 Å². The molecule has 12 heteroatoms. The third-order valence-electron chi connectivity index (χ3n) is 7.20. The fourth-order valence-electron chi connectivity index (χ4n) is 4.94. The number of aryl methyl sites for hydroxylation is 2. The van der Waals surface area contributed by atoms with Crippen LogP contribution in [-0.4, -0.2) is 53.5 Å². The van der Waals surface area contributed by atoms with E-state index in [1.807, 2.05) is 39.0 Å². The Hall–Kier alpha value is -4.19. The van der Waals surface area contributed by atoms with E-state index in [0.29, 0.717) is 30.3 Å². The first-order valence-corrected chi connectivity index (χ1v) is 12.9. The molecule has 0 bridgehead atoms. The van der Waals surface area contributed by atoms with Crippen molar-refractivity contribution in [1.29, 1.82) is 0 Å². The third-order valence-corrected chi connectivity index (χ3v) is 7.20. The van der Waals surface area contributed by atoms with Crippen LogP contribution in [0.4, 0.5) is 16.0 Å². The Morgan fingerprint density at radius 2 is 1.97 bits per heavy atom. The topological polar surface area (TPSA) is 136 Å². The van der Waals surface area contributed by atoms with Crippen LogP contribution in [0.25, 0.3) is 5.82 Å². The molecule has 0 aliphatic heterocycles. The summed E-state index contributed by atoms with van der Waals surface area (Å²) in [6.45, 7) is 5.78. The molecule has 3 N–H and O–H groups in total. The predicted molar refractivity (Wildman–Crippen MR) is 142 cm³/mol. The fraction of sp³-hybridized carbons (Fsp3) is 0.407. The summed E-state index contributed by atoms with van der Waals surface area (Å²) in [7, 11) is 1.58. The highest BCUT2D eigenvalue weighted by Gasteiger charge is 2.43. The van der Waals surface area contributed by atoms with Gasteiger partial charge < -0.3 is 15.4 Å². The van der Waals surface area contributed by atoms with Crippen LogP contribution >= 0.6 is 0 Å². The van der Waals surface area contributed by atoms with E-state index < -0.39 is 11.4 Å². The molecular weight excluding hydrogens is 501 g/mol. The van der Waals surface area contributed by atoms with E-state index in [0.717, 1.165) is 41.8 Å². The van der Waals surface area contributed by atoms with Crippen molar-refractivity contribution in [2.45, 2.75) is 64.0 Å². The SMILES string of the molecule is CO[C@]1(C(=O)N[C@H](C)c2ccc(-n3cc(F)cn3)nc2)CC[C@H](c2nc(C)cc(Nc3cc(C)[nH]n3)n2)CC1. The molecule has 1 amide bonds. The van der Waals surface area contributed by atoms with Gasteiger partial charge in [0.15, 0.2) is 17.5 Å². The summed E-state index contributed by atoms with van der Waals surface area (Å²) in [6.07, 6.45) is 6.57. The second-order valence-corrected chi connectivity index (χ2v) is 10.0. The molecule has 0 radical (unpaired) electrons. The summed E-state index contributed by atoms with van der Waals surface area (Å²) in [4.78, 5) is 27.2. The van der Waals surface area contributed by atoms with E-state index in [4.69, 9.17) is 9.72 Å². The summed E-state index contributed by atoms with van der Waals surface area (Å²) >= 11 is 0. The maximum absolute atomic E-state index is 13.4. The molecule has 1 atom stereocenters. The van der Waals surface area contributed by atoms with Crippen molar-refractivity contribution < 1.29 is 13.9 Å². The number of rotatable bonds is 8. The summed E-state index contributed by atoms with van der Waals surface area (Å²) in [5, 5.41) is 17.4. The highest BCUT2D eigenvalue weighted by atomic mass is 19.1. The Bertz CT molecular complexity index is 1440. The number of aromatic amines is 1. The smallest absolute Gasteiger partial charge is 0.252 e. The molecule has 0 aromatic carbocycles. The van der Waals surface area contributed by atoms with Gasteiger partial charge in [-0.1, -0.05) is 6.07 Å². The van der Waals surface area contributed by atoms with E-state index in [9.17, 15) is 9.18 Å². The number of carbonyl (C=O) groups is 1. The number of amides is 1. The minimum absolute atomic E-state index is 0.115. The maximum atomic E-state index is 13.4. The largest absolute Gasteiger partial charge is 0.368 e. The lowest BCUT2D eigenvalue weighted by atomic mass is 9.77. The molecule has 1 aliphatic carbocycles. The first-order chi connectivity index (χ1) is 18.7. The molecule has 1 saturated carbocycles. The van der Waals surface area contributed by atoms with Gasteiger partial charge in [0.05, 0.1) is 18.4 Å². The van der Waals surface area contributed by atoms with Gasteiger partial charge in [0.2, 0.25) is 0 Å². The number of halogens is 1. The Morgan fingerprint density at radius 3 is 2.59 bits per heavy atom. The second kappa shape index (κ2) is 10.9. The van der Waals surface area contributed by atoms with Crippen molar-refractivity contribution in [3.8, 4) is 5.82 Å². The Balaban J connectivity index is 1.22. The zero-order valence-electron chi connectivity index (χ0n) is 22.4. The van der Waals surface area contributed by atoms with Crippen LogP contribution in [0.1, 0.15) is 67.3 Å². The van der Waals surface area contributed by atoms with Crippen molar-refractivity contribution >= 4 is 17.5 Å². The Labute approximate surface area is 225 Å². The molecule has 0 saturated heterocycles. The number of methoxy groups -OCH3 is 1. The number of carbonyl (C=O) groups excluding carboxylic acids is 1. The van der Waals surface area contributed by atoms with E-state index in [2.05, 4.69) is 35.9 Å². The Morgan fingerprint density at radius 1 is 1.18 bits per heavy atom. The molecule has 11 nitrogen and oxygen atoms in total. The zero-order chi connectivity index (χ0) is 27.6. The average Bonchev–Trinajstić information content (AvgIpc) is 3.55. The number of hydrogen-bond donors (Lipinski definition) is 3. The van der Waals surface area contributed by atoms with E-state index >= 15 is 0 Å². The molecule has 4 aromatic rings. The van der Waals surface area contributed by atoms with E-state index in [1.54, 1.807) is 19.4 Å². The van der Waals surface area contributed by atoms with Gasteiger partial charge >= 0.3 is 0 Å². The average molecular weight is 534 g/mol. The van der Waals surface area contributed by atoms with Gasteiger partial charge in [-0.05, 0) is 58.1 Å². The monoisotopic (exact) mass is 533 g/mol. The molecular formula is C27H32FN9O2. The quantitative estimate of drug-likeness (QED) is 0.307. The molecule has 39 heavy (non-hydrogen) atoms. The van der Waals surface area contributed by atoms with Gasteiger partial charge in [-0.25, -0.2) is 24.0 Å². The van der Waals surface area contributed by atoms with Crippen LogP contribution in [0.3, 0.4) is 0 Å². The molecule has 4 heterocycles. The number of pyridine rings is 1.